The van der Waals surface area contributed by atoms with Gasteiger partial charge in [0.25, 0.3) is 0 Å². The lowest BCUT2D eigenvalue weighted by Crippen LogP contribution is -1.95. The maximum absolute atomic E-state index is 2.45. The molecule has 0 saturated carbocycles. The predicted octanol–water partition coefficient (Wildman–Crippen LogP) is 13.5. The van der Waals surface area contributed by atoms with Crippen molar-refractivity contribution in [2.75, 3.05) is 0 Å². The number of benzene rings is 9. The smallest absolute Gasteiger partial charge is 0.0548 e. The van der Waals surface area contributed by atoms with E-state index < -0.39 is 0 Å². The Balaban J connectivity index is 1.15. The van der Waals surface area contributed by atoms with E-state index in [1.54, 1.807) is 0 Å². The first-order chi connectivity index (χ1) is 25.8. The molecule has 0 radical (unpaired) electrons. The molecule has 2 aromatic heterocycles. The minimum Gasteiger partial charge on any atom is -0.309 e. The van der Waals surface area contributed by atoms with Crippen LogP contribution in [0.25, 0.3) is 98.8 Å². The topological polar surface area (TPSA) is 9.86 Å². The van der Waals surface area contributed by atoms with Crippen molar-refractivity contribution in [3.63, 3.8) is 0 Å². The molecule has 2 nitrogen and oxygen atoms in total. The molecule has 11 aromatic rings. The second kappa shape index (κ2) is 11.3. The van der Waals surface area contributed by atoms with Gasteiger partial charge in [0.2, 0.25) is 0 Å². The van der Waals surface area contributed by atoms with E-state index in [1.807, 2.05) is 0 Å². The van der Waals surface area contributed by atoms with Gasteiger partial charge in [-0.2, -0.15) is 0 Å². The molecule has 0 N–H and O–H groups in total. The summed E-state index contributed by atoms with van der Waals surface area (Å²) in [5.74, 6) is 0. The molecule has 2 heterocycles. The van der Waals surface area contributed by atoms with Crippen molar-refractivity contribution in [2.24, 2.45) is 0 Å². The summed E-state index contributed by atoms with van der Waals surface area (Å²) in [7, 11) is 0. The zero-order chi connectivity index (χ0) is 34.2. The number of hydrogen-bond acceptors (Lipinski definition) is 0. The van der Waals surface area contributed by atoms with Crippen molar-refractivity contribution in [3.8, 4) is 33.6 Å². The summed E-state index contributed by atoms with van der Waals surface area (Å²) in [6.07, 6.45) is 0. The van der Waals surface area contributed by atoms with Crippen molar-refractivity contribution in [2.45, 2.75) is 0 Å². The first kappa shape index (κ1) is 28.9. The van der Waals surface area contributed by atoms with Gasteiger partial charge in [-0.1, -0.05) is 133 Å². The molecule has 0 atom stereocenters. The van der Waals surface area contributed by atoms with Crippen LogP contribution < -0.4 is 0 Å². The normalized spacial score (nSPS) is 11.8. The Labute approximate surface area is 301 Å². The van der Waals surface area contributed by atoms with Crippen LogP contribution in [0.15, 0.2) is 194 Å². The van der Waals surface area contributed by atoms with Crippen LogP contribution in [0.5, 0.6) is 0 Å². The third-order valence-corrected chi connectivity index (χ3v) is 10.9. The molecular formula is C50H32N2. The lowest BCUT2D eigenvalue weighted by atomic mass is 10.0. The number of fused-ring (bicyclic) bond motifs is 9. The van der Waals surface area contributed by atoms with E-state index in [1.165, 1.54) is 87.4 Å². The molecule has 0 amide bonds. The van der Waals surface area contributed by atoms with Gasteiger partial charge in [-0.3, -0.25) is 0 Å². The van der Waals surface area contributed by atoms with Crippen molar-refractivity contribution >= 4 is 65.2 Å². The quantitative estimate of drug-likeness (QED) is 0.178. The largest absolute Gasteiger partial charge is 0.309 e. The minimum atomic E-state index is 1.16. The fraction of sp³-hybridized carbons (Fsp3) is 0. The highest BCUT2D eigenvalue weighted by Crippen LogP contribution is 2.43. The van der Waals surface area contributed by atoms with E-state index in [2.05, 4.69) is 203 Å². The second-order valence-electron chi connectivity index (χ2n) is 13.8. The van der Waals surface area contributed by atoms with Crippen molar-refractivity contribution < 1.29 is 0 Å². The fourth-order valence-electron chi connectivity index (χ4n) is 8.44. The van der Waals surface area contributed by atoms with Gasteiger partial charge in [0.15, 0.2) is 0 Å². The first-order valence-electron chi connectivity index (χ1n) is 17.9. The minimum absolute atomic E-state index is 1.16. The average Bonchev–Trinajstić information content (AvgIpc) is 3.73. The van der Waals surface area contributed by atoms with Gasteiger partial charge >= 0.3 is 0 Å². The van der Waals surface area contributed by atoms with Crippen LogP contribution >= 0.6 is 0 Å². The third-order valence-electron chi connectivity index (χ3n) is 10.9. The summed E-state index contributed by atoms with van der Waals surface area (Å²) in [5, 5.41) is 10.0. The highest BCUT2D eigenvalue weighted by molar-refractivity contribution is 6.29. The Morgan fingerprint density at radius 3 is 1.12 bits per heavy atom. The van der Waals surface area contributed by atoms with Gasteiger partial charge in [0.05, 0.1) is 22.1 Å². The van der Waals surface area contributed by atoms with Gasteiger partial charge < -0.3 is 9.13 Å². The maximum atomic E-state index is 2.45. The number of nitrogens with zero attached hydrogens (tertiary/aromatic N) is 2. The Bertz CT molecular complexity index is 2950. The molecule has 0 fully saturated rings. The van der Waals surface area contributed by atoms with Gasteiger partial charge in [-0.15, -0.1) is 0 Å². The Morgan fingerprint density at radius 1 is 0.250 bits per heavy atom. The van der Waals surface area contributed by atoms with Crippen LogP contribution in [0.3, 0.4) is 0 Å². The number of hydrogen-bond donors (Lipinski definition) is 0. The van der Waals surface area contributed by atoms with E-state index in [4.69, 9.17) is 0 Å². The van der Waals surface area contributed by atoms with Crippen molar-refractivity contribution in [1.29, 1.82) is 0 Å². The Morgan fingerprint density at radius 2 is 0.654 bits per heavy atom. The molecule has 0 spiro atoms. The molecule has 0 aliphatic carbocycles. The lowest BCUT2D eigenvalue weighted by molar-refractivity contribution is 1.18. The molecule has 0 saturated heterocycles. The second-order valence-corrected chi connectivity index (χ2v) is 13.8. The van der Waals surface area contributed by atoms with Gasteiger partial charge in [-0.25, -0.2) is 0 Å². The monoisotopic (exact) mass is 660 g/mol. The van der Waals surface area contributed by atoms with Crippen LogP contribution in [0.1, 0.15) is 0 Å². The van der Waals surface area contributed by atoms with Crippen molar-refractivity contribution in [3.05, 3.63) is 194 Å². The third kappa shape index (κ3) is 4.38. The molecule has 0 aliphatic rings. The van der Waals surface area contributed by atoms with Gasteiger partial charge in [0, 0.05) is 32.9 Å². The van der Waals surface area contributed by atoms with Gasteiger partial charge in [0.1, 0.15) is 0 Å². The highest BCUT2D eigenvalue weighted by Gasteiger charge is 2.20. The molecule has 9 aromatic carbocycles. The van der Waals surface area contributed by atoms with Crippen LogP contribution in [0.2, 0.25) is 0 Å². The van der Waals surface area contributed by atoms with Crippen LogP contribution in [0, 0.1) is 0 Å². The van der Waals surface area contributed by atoms with Crippen LogP contribution in [-0.2, 0) is 0 Å². The number of para-hydroxylation sites is 2. The van der Waals surface area contributed by atoms with Crippen LogP contribution in [0.4, 0.5) is 0 Å². The summed E-state index contributed by atoms with van der Waals surface area (Å²) in [5.41, 5.74) is 12.1. The highest BCUT2D eigenvalue weighted by atomic mass is 15.0. The zero-order valence-corrected chi connectivity index (χ0v) is 28.4. The van der Waals surface area contributed by atoms with Crippen LogP contribution in [-0.4, -0.2) is 9.13 Å². The summed E-state index contributed by atoms with van der Waals surface area (Å²) in [6, 6.07) is 71.0. The first-order valence-corrected chi connectivity index (χ1v) is 17.9. The lowest BCUT2D eigenvalue weighted by Gasteiger charge is -2.12. The van der Waals surface area contributed by atoms with E-state index >= 15 is 0 Å². The molecule has 0 bridgehead atoms. The summed E-state index contributed by atoms with van der Waals surface area (Å²) >= 11 is 0. The van der Waals surface area contributed by atoms with Gasteiger partial charge in [-0.05, 0) is 104 Å². The summed E-state index contributed by atoms with van der Waals surface area (Å²) < 4.78 is 4.90. The summed E-state index contributed by atoms with van der Waals surface area (Å²) in [6.45, 7) is 0. The molecule has 242 valence electrons. The van der Waals surface area contributed by atoms with E-state index in [0.29, 0.717) is 0 Å². The SMILES string of the molecule is c1ccc(-c2ccc3ccc(-n4c5ccccc5c5c6c7ccccc7n(-c7ccc8ccc(-c9ccccc9)cc8c7)c6ccc54)cc3c2)cc1. The molecule has 0 unspecified atom stereocenters. The fourth-order valence-corrected chi connectivity index (χ4v) is 8.44. The maximum Gasteiger partial charge on any atom is 0.0548 e. The molecular weight excluding hydrogens is 629 g/mol. The molecule has 11 rings (SSSR count). The van der Waals surface area contributed by atoms with Crippen molar-refractivity contribution in [1.82, 2.24) is 9.13 Å². The van der Waals surface area contributed by atoms with E-state index in [0.717, 1.165) is 11.4 Å². The standard InChI is InChI=1S/C50H32N2/c1-3-11-33(12-4-1)37-21-19-35-23-25-41(31-39(35)29-37)51-45-17-9-7-15-43(45)49-47(51)27-28-48-50(49)44-16-8-10-18-46(44)52(48)42-26-24-36-20-22-38(30-40(36)32-42)34-13-5-2-6-14-34/h1-32H. The summed E-state index contributed by atoms with van der Waals surface area (Å²) in [4.78, 5) is 0. The Hall–Kier alpha value is -6.90. The zero-order valence-electron chi connectivity index (χ0n) is 28.4. The molecule has 0 aliphatic heterocycles. The number of rotatable bonds is 4. The molecule has 52 heavy (non-hydrogen) atoms. The number of aromatic nitrogens is 2. The molecule has 2 heteroatoms. The van der Waals surface area contributed by atoms with E-state index in [-0.39, 0.29) is 0 Å². The Kier molecular flexibility index (Phi) is 6.28. The predicted molar refractivity (Wildman–Crippen MR) is 221 cm³/mol. The van der Waals surface area contributed by atoms with E-state index in [9.17, 15) is 0 Å². The average molecular weight is 661 g/mol.